The van der Waals surface area contributed by atoms with E-state index in [0.717, 1.165) is 48.3 Å². The Balaban J connectivity index is 1.36. The number of nitrogens with zero attached hydrogens (tertiary/aromatic N) is 1. The van der Waals surface area contributed by atoms with E-state index in [2.05, 4.69) is 24.0 Å². The molecule has 0 aromatic heterocycles. The number of carbonyl (C=O) groups excluding carboxylic acids is 1. The summed E-state index contributed by atoms with van der Waals surface area (Å²) in [6.07, 6.45) is 7.49. The first kappa shape index (κ1) is 17.5. The minimum absolute atomic E-state index is 0.0371. The quantitative estimate of drug-likeness (QED) is 0.801. The van der Waals surface area contributed by atoms with Crippen LogP contribution in [-0.4, -0.2) is 37.1 Å². The number of morpholine rings is 1. The molecule has 2 atom stereocenters. The van der Waals surface area contributed by atoms with Crippen LogP contribution in [0.3, 0.4) is 0 Å². The van der Waals surface area contributed by atoms with Gasteiger partial charge in [-0.15, -0.1) is 0 Å². The Kier molecular flexibility index (Phi) is 4.23. The van der Waals surface area contributed by atoms with E-state index in [1.165, 1.54) is 19.3 Å². The van der Waals surface area contributed by atoms with Crippen molar-refractivity contribution in [3.8, 4) is 5.75 Å². The Morgan fingerprint density at radius 1 is 1.07 bits per heavy atom. The van der Waals surface area contributed by atoms with E-state index < -0.39 is 0 Å². The molecule has 1 heterocycles. The van der Waals surface area contributed by atoms with Gasteiger partial charge in [-0.3, -0.25) is 4.79 Å². The van der Waals surface area contributed by atoms with Crippen LogP contribution in [0.1, 0.15) is 57.1 Å². The fraction of sp³-hybridized carbons (Fsp3) is 0.696. The van der Waals surface area contributed by atoms with Crippen molar-refractivity contribution >= 4 is 5.91 Å². The monoisotopic (exact) mass is 369 g/mol. The molecule has 4 heteroatoms. The largest absolute Gasteiger partial charge is 0.497 e. The van der Waals surface area contributed by atoms with E-state index >= 15 is 0 Å². The summed E-state index contributed by atoms with van der Waals surface area (Å²) in [5, 5.41) is 0. The molecule has 1 amide bonds. The summed E-state index contributed by atoms with van der Waals surface area (Å²) in [6.45, 7) is 3.44. The molecule has 1 aromatic carbocycles. The van der Waals surface area contributed by atoms with Crippen LogP contribution >= 0.6 is 0 Å². The molecule has 4 bridgehead atoms. The molecule has 1 saturated heterocycles. The lowest BCUT2D eigenvalue weighted by molar-refractivity contribution is -0.169. The third-order valence-corrected chi connectivity index (χ3v) is 7.67. The van der Waals surface area contributed by atoms with Crippen LogP contribution in [0.2, 0.25) is 0 Å². The van der Waals surface area contributed by atoms with Crippen LogP contribution in [0.25, 0.3) is 0 Å². The number of benzene rings is 1. The van der Waals surface area contributed by atoms with Gasteiger partial charge in [-0.05, 0) is 80.9 Å². The Morgan fingerprint density at radius 2 is 1.67 bits per heavy atom. The van der Waals surface area contributed by atoms with Gasteiger partial charge in [0.2, 0.25) is 5.91 Å². The predicted molar refractivity (Wildman–Crippen MR) is 103 cm³/mol. The molecule has 2 unspecified atom stereocenters. The highest BCUT2D eigenvalue weighted by molar-refractivity contribution is 5.83. The van der Waals surface area contributed by atoms with E-state index in [1.54, 1.807) is 7.11 Å². The SMILES string of the molecule is COc1ccc(C2CN(C(=O)C34CC5CC(CC(C5)C3)C4)C(C)CO2)cc1. The van der Waals surface area contributed by atoms with Crippen molar-refractivity contribution in [3.05, 3.63) is 29.8 Å². The summed E-state index contributed by atoms with van der Waals surface area (Å²) in [5.74, 6) is 3.68. The van der Waals surface area contributed by atoms with Crippen LogP contribution in [0.15, 0.2) is 24.3 Å². The summed E-state index contributed by atoms with van der Waals surface area (Å²) in [6, 6.07) is 8.24. The Hall–Kier alpha value is -1.55. The molecule has 1 aromatic rings. The number of hydrogen-bond donors (Lipinski definition) is 0. The molecule has 5 aliphatic rings. The van der Waals surface area contributed by atoms with Crippen LogP contribution in [-0.2, 0) is 9.53 Å². The lowest BCUT2D eigenvalue weighted by Crippen LogP contribution is -2.58. The van der Waals surface area contributed by atoms with E-state index in [-0.39, 0.29) is 17.6 Å². The van der Waals surface area contributed by atoms with Crippen LogP contribution < -0.4 is 4.74 Å². The Labute approximate surface area is 162 Å². The standard InChI is InChI=1S/C23H31NO3/c1-15-14-27-21(19-3-5-20(26-2)6-4-19)13-24(15)22(25)23-10-16-7-17(11-23)9-18(8-16)12-23/h3-6,15-18,21H,7-14H2,1-2H3. The Bertz CT molecular complexity index is 678. The van der Waals surface area contributed by atoms with Gasteiger partial charge < -0.3 is 14.4 Å². The number of carbonyl (C=O) groups is 1. The molecule has 1 aliphatic heterocycles. The first-order valence-corrected chi connectivity index (χ1v) is 10.6. The zero-order chi connectivity index (χ0) is 18.6. The number of rotatable bonds is 3. The van der Waals surface area contributed by atoms with Gasteiger partial charge in [-0.1, -0.05) is 12.1 Å². The van der Waals surface area contributed by atoms with Crippen molar-refractivity contribution in [2.24, 2.45) is 23.2 Å². The van der Waals surface area contributed by atoms with E-state index in [9.17, 15) is 4.79 Å². The van der Waals surface area contributed by atoms with Gasteiger partial charge in [0.05, 0.1) is 31.7 Å². The number of methoxy groups -OCH3 is 1. The average molecular weight is 370 g/mol. The van der Waals surface area contributed by atoms with Gasteiger partial charge in [0.1, 0.15) is 11.9 Å². The summed E-state index contributed by atoms with van der Waals surface area (Å²) in [7, 11) is 1.68. The molecule has 0 radical (unpaired) electrons. The fourth-order valence-corrected chi connectivity index (χ4v) is 6.74. The van der Waals surface area contributed by atoms with Crippen LogP contribution in [0.5, 0.6) is 5.75 Å². The van der Waals surface area contributed by atoms with Gasteiger partial charge in [-0.25, -0.2) is 0 Å². The first-order chi connectivity index (χ1) is 13.1. The van der Waals surface area contributed by atoms with Gasteiger partial charge in [0.15, 0.2) is 0 Å². The van der Waals surface area contributed by atoms with Gasteiger partial charge in [0, 0.05) is 0 Å². The minimum Gasteiger partial charge on any atom is -0.497 e. The highest BCUT2D eigenvalue weighted by Crippen LogP contribution is 2.60. The molecule has 4 saturated carbocycles. The molecular weight excluding hydrogens is 338 g/mol. The average Bonchev–Trinajstić information content (AvgIpc) is 2.67. The van der Waals surface area contributed by atoms with E-state index in [0.29, 0.717) is 19.1 Å². The maximum Gasteiger partial charge on any atom is 0.229 e. The number of hydrogen-bond acceptors (Lipinski definition) is 3. The maximum atomic E-state index is 13.8. The zero-order valence-corrected chi connectivity index (χ0v) is 16.5. The first-order valence-electron chi connectivity index (χ1n) is 10.6. The van der Waals surface area contributed by atoms with Gasteiger partial charge in [0.25, 0.3) is 0 Å². The molecular formula is C23H31NO3. The molecule has 4 aliphatic carbocycles. The highest BCUT2D eigenvalue weighted by atomic mass is 16.5. The van der Waals surface area contributed by atoms with Crippen molar-refractivity contribution in [3.63, 3.8) is 0 Å². The summed E-state index contributed by atoms with van der Waals surface area (Å²) < 4.78 is 11.4. The molecule has 146 valence electrons. The maximum absolute atomic E-state index is 13.8. The van der Waals surface area contributed by atoms with E-state index in [1.807, 2.05) is 12.1 Å². The van der Waals surface area contributed by atoms with Crippen molar-refractivity contribution in [1.82, 2.24) is 4.90 Å². The molecule has 0 spiro atoms. The third kappa shape index (κ3) is 2.97. The normalized spacial score (nSPS) is 40.2. The minimum atomic E-state index is -0.0647. The van der Waals surface area contributed by atoms with Crippen molar-refractivity contribution in [2.45, 2.75) is 57.6 Å². The Morgan fingerprint density at radius 3 is 2.22 bits per heavy atom. The zero-order valence-electron chi connectivity index (χ0n) is 16.5. The van der Waals surface area contributed by atoms with Crippen LogP contribution in [0, 0.1) is 23.2 Å². The van der Waals surface area contributed by atoms with Gasteiger partial charge >= 0.3 is 0 Å². The second-order valence-corrected chi connectivity index (χ2v) is 9.60. The topological polar surface area (TPSA) is 38.8 Å². The fourth-order valence-electron chi connectivity index (χ4n) is 6.74. The number of amides is 1. The molecule has 27 heavy (non-hydrogen) atoms. The summed E-state index contributed by atoms with van der Waals surface area (Å²) in [5.41, 5.74) is 1.07. The molecule has 0 N–H and O–H groups in total. The lowest BCUT2D eigenvalue weighted by Gasteiger charge is -2.57. The highest BCUT2D eigenvalue weighted by Gasteiger charge is 2.56. The van der Waals surface area contributed by atoms with Crippen molar-refractivity contribution < 1.29 is 14.3 Å². The van der Waals surface area contributed by atoms with Gasteiger partial charge in [-0.2, -0.15) is 0 Å². The van der Waals surface area contributed by atoms with Crippen molar-refractivity contribution in [2.75, 3.05) is 20.3 Å². The molecule has 5 fully saturated rings. The summed E-state index contributed by atoms with van der Waals surface area (Å²) in [4.78, 5) is 15.9. The van der Waals surface area contributed by atoms with E-state index in [4.69, 9.17) is 9.47 Å². The number of ether oxygens (including phenoxy) is 2. The second-order valence-electron chi connectivity index (χ2n) is 9.60. The van der Waals surface area contributed by atoms with Crippen LogP contribution in [0.4, 0.5) is 0 Å². The molecule has 6 rings (SSSR count). The predicted octanol–water partition coefficient (Wildman–Crippen LogP) is 4.20. The lowest BCUT2D eigenvalue weighted by atomic mass is 9.49. The molecule has 4 nitrogen and oxygen atoms in total. The smallest absolute Gasteiger partial charge is 0.229 e. The van der Waals surface area contributed by atoms with Crippen molar-refractivity contribution in [1.29, 1.82) is 0 Å². The summed E-state index contributed by atoms with van der Waals surface area (Å²) >= 11 is 0. The third-order valence-electron chi connectivity index (χ3n) is 7.67. The second kappa shape index (κ2) is 6.51.